The molecule has 0 fully saturated rings. The van der Waals surface area contributed by atoms with Crippen molar-refractivity contribution < 1.29 is 17.1 Å². The fourth-order valence-corrected chi connectivity index (χ4v) is 2.46. The van der Waals surface area contributed by atoms with Gasteiger partial charge < -0.3 is 27.0 Å². The van der Waals surface area contributed by atoms with Crippen molar-refractivity contribution in [1.29, 1.82) is 0 Å². The summed E-state index contributed by atoms with van der Waals surface area (Å²) in [5, 5.41) is 1.31. The Morgan fingerprint density at radius 2 is 2.18 bits per heavy atom. The maximum Gasteiger partial charge on any atom is 0.119 e. The maximum atomic E-state index is 5.28. The van der Waals surface area contributed by atoms with Crippen molar-refractivity contribution >= 4 is 10.9 Å². The van der Waals surface area contributed by atoms with E-state index in [2.05, 4.69) is 29.1 Å². The number of likely N-dealkylation sites (N-methyl/N-ethyl adjacent to an activating group) is 1. The molecule has 0 spiro atoms. The molecule has 0 aliphatic carbocycles. The number of aromatic amines is 1. The molecule has 1 aromatic carbocycles. The van der Waals surface area contributed by atoms with Crippen molar-refractivity contribution in [2.45, 2.75) is 13.0 Å². The number of nitrogens with one attached hydrogen (secondary N) is 1. The molecule has 0 bridgehead atoms. The Bertz CT molecular complexity index is 535. The number of hydrogen-bond acceptors (Lipinski definition) is 2. The van der Waals surface area contributed by atoms with E-state index in [0.717, 1.165) is 25.3 Å². The molecule has 0 unspecified atom stereocenters. The largest absolute Gasteiger partial charge is 1.00 e. The normalized spacial score (nSPS) is 15.4. The van der Waals surface area contributed by atoms with Crippen LogP contribution in [-0.2, 0) is 13.0 Å². The van der Waals surface area contributed by atoms with Crippen LogP contribution in [-0.4, -0.2) is 30.6 Å². The van der Waals surface area contributed by atoms with Crippen LogP contribution < -0.4 is 17.1 Å². The fraction of sp³-hybridized carbons (Fsp3) is 0.385. The van der Waals surface area contributed by atoms with Crippen molar-refractivity contribution in [1.82, 2.24) is 9.88 Å². The van der Waals surface area contributed by atoms with Gasteiger partial charge in [-0.25, -0.2) is 0 Å². The van der Waals surface area contributed by atoms with E-state index in [4.69, 9.17) is 4.74 Å². The van der Waals surface area contributed by atoms with Crippen LogP contribution in [0.4, 0.5) is 0 Å². The highest BCUT2D eigenvalue weighted by Crippen LogP contribution is 2.29. The van der Waals surface area contributed by atoms with Gasteiger partial charge in [-0.05, 0) is 30.8 Å². The molecule has 2 aromatic rings. The van der Waals surface area contributed by atoms with Gasteiger partial charge in [0.2, 0.25) is 0 Å². The number of aromatic nitrogens is 1. The number of H-pyrrole nitrogens is 1. The average molecular weight is 252 g/mol. The molecule has 0 amide bonds. The lowest BCUT2D eigenvalue weighted by atomic mass is 10.1. The van der Waals surface area contributed by atoms with E-state index >= 15 is 0 Å². The summed E-state index contributed by atoms with van der Waals surface area (Å²) in [6.07, 6.45) is 1.11. The van der Waals surface area contributed by atoms with Crippen molar-refractivity contribution in [2.24, 2.45) is 0 Å². The first-order chi connectivity index (χ1) is 7.78. The standard InChI is InChI=1S/C13H16N2O.ClH/c1-15-6-5-13-11(8-15)10-7-9(16-2)3-4-12(10)14-13;/h3-4,7,14H,5-6,8H2,1-2H3;1H/p-1. The van der Waals surface area contributed by atoms with Gasteiger partial charge in [0.1, 0.15) is 5.75 Å². The van der Waals surface area contributed by atoms with Crippen LogP contribution in [0.15, 0.2) is 18.2 Å². The molecule has 0 radical (unpaired) electrons. The van der Waals surface area contributed by atoms with Crippen LogP contribution in [0.1, 0.15) is 11.3 Å². The minimum absolute atomic E-state index is 0. The smallest absolute Gasteiger partial charge is 0.119 e. The number of halogens is 1. The van der Waals surface area contributed by atoms with Gasteiger partial charge in [-0.3, -0.25) is 0 Å². The second-order valence-corrected chi connectivity index (χ2v) is 4.48. The van der Waals surface area contributed by atoms with Crippen LogP contribution in [0.25, 0.3) is 10.9 Å². The average Bonchev–Trinajstić information content (AvgIpc) is 2.66. The number of fused-ring (bicyclic) bond motifs is 3. The van der Waals surface area contributed by atoms with Crippen LogP contribution in [0.5, 0.6) is 5.75 Å². The van der Waals surface area contributed by atoms with E-state index in [0.29, 0.717) is 0 Å². The first-order valence-electron chi connectivity index (χ1n) is 5.64. The number of nitrogens with zero attached hydrogens (tertiary/aromatic N) is 1. The minimum Gasteiger partial charge on any atom is -1.00 e. The molecule has 3 rings (SSSR count). The Kier molecular flexibility index (Phi) is 3.31. The predicted molar refractivity (Wildman–Crippen MR) is 64.9 cm³/mol. The molecule has 3 nitrogen and oxygen atoms in total. The molecule has 1 N–H and O–H groups in total. The highest BCUT2D eigenvalue weighted by atomic mass is 35.5. The predicted octanol–water partition coefficient (Wildman–Crippen LogP) is -0.832. The van der Waals surface area contributed by atoms with Gasteiger partial charge in [0, 0.05) is 36.1 Å². The van der Waals surface area contributed by atoms with Gasteiger partial charge >= 0.3 is 0 Å². The molecule has 0 saturated heterocycles. The van der Waals surface area contributed by atoms with Crippen molar-refractivity contribution in [3.63, 3.8) is 0 Å². The molecule has 2 heterocycles. The Morgan fingerprint density at radius 1 is 1.35 bits per heavy atom. The Labute approximate surface area is 107 Å². The van der Waals surface area contributed by atoms with Gasteiger partial charge in [-0.2, -0.15) is 0 Å². The number of benzene rings is 1. The zero-order valence-corrected chi connectivity index (χ0v) is 10.8. The van der Waals surface area contributed by atoms with E-state index in [-0.39, 0.29) is 12.4 Å². The van der Waals surface area contributed by atoms with Crippen LogP contribution >= 0.6 is 0 Å². The van der Waals surface area contributed by atoms with Crippen LogP contribution in [0.2, 0.25) is 0 Å². The first-order valence-corrected chi connectivity index (χ1v) is 5.64. The first kappa shape index (κ1) is 12.3. The third-order valence-corrected chi connectivity index (χ3v) is 3.37. The van der Waals surface area contributed by atoms with Crippen LogP contribution in [0, 0.1) is 0 Å². The van der Waals surface area contributed by atoms with E-state index in [1.165, 1.54) is 22.2 Å². The minimum atomic E-state index is 0. The molecule has 0 atom stereocenters. The van der Waals surface area contributed by atoms with Gasteiger partial charge in [0.15, 0.2) is 0 Å². The molecule has 92 valence electrons. The molecule has 17 heavy (non-hydrogen) atoms. The Morgan fingerprint density at radius 3 is 2.94 bits per heavy atom. The van der Waals surface area contributed by atoms with Crippen molar-refractivity contribution in [2.75, 3.05) is 20.7 Å². The van der Waals surface area contributed by atoms with E-state index in [1.54, 1.807) is 7.11 Å². The van der Waals surface area contributed by atoms with Crippen molar-refractivity contribution in [3.8, 4) is 5.75 Å². The quantitative estimate of drug-likeness (QED) is 0.717. The van der Waals surface area contributed by atoms with Gasteiger partial charge in [-0.1, -0.05) is 0 Å². The molecular weight excluding hydrogens is 236 g/mol. The second-order valence-electron chi connectivity index (χ2n) is 4.48. The number of rotatable bonds is 1. The topological polar surface area (TPSA) is 28.3 Å². The lowest BCUT2D eigenvalue weighted by molar-refractivity contribution is -0.00000367. The molecule has 0 saturated carbocycles. The van der Waals surface area contributed by atoms with Gasteiger partial charge in [-0.15, -0.1) is 0 Å². The van der Waals surface area contributed by atoms with Crippen LogP contribution in [0.3, 0.4) is 0 Å². The van der Waals surface area contributed by atoms with Gasteiger partial charge in [0.05, 0.1) is 7.11 Å². The third kappa shape index (κ3) is 2.01. The van der Waals surface area contributed by atoms with E-state index in [9.17, 15) is 0 Å². The third-order valence-electron chi connectivity index (χ3n) is 3.37. The summed E-state index contributed by atoms with van der Waals surface area (Å²) in [7, 11) is 3.88. The van der Waals surface area contributed by atoms with Crippen molar-refractivity contribution in [3.05, 3.63) is 29.5 Å². The lowest BCUT2D eigenvalue weighted by Crippen LogP contribution is -3.00. The van der Waals surface area contributed by atoms with Gasteiger partial charge in [0.25, 0.3) is 0 Å². The lowest BCUT2D eigenvalue weighted by Gasteiger charge is -2.22. The SMILES string of the molecule is COc1ccc2[nH]c3c(c2c1)CN(C)CC3.[Cl-]. The highest BCUT2D eigenvalue weighted by Gasteiger charge is 2.18. The Balaban J connectivity index is 0.00000108. The zero-order valence-electron chi connectivity index (χ0n) is 10.1. The van der Waals surface area contributed by atoms with E-state index in [1.807, 2.05) is 6.07 Å². The molecule has 1 aliphatic heterocycles. The maximum absolute atomic E-state index is 5.28. The fourth-order valence-electron chi connectivity index (χ4n) is 2.46. The summed E-state index contributed by atoms with van der Waals surface area (Å²) in [4.78, 5) is 5.86. The molecule has 1 aromatic heterocycles. The second kappa shape index (κ2) is 4.59. The number of ether oxygens (including phenoxy) is 1. The summed E-state index contributed by atoms with van der Waals surface area (Å²) in [5.41, 5.74) is 4.05. The van der Waals surface area contributed by atoms with E-state index < -0.39 is 0 Å². The summed E-state index contributed by atoms with van der Waals surface area (Å²) in [6, 6.07) is 6.24. The summed E-state index contributed by atoms with van der Waals surface area (Å²) < 4.78 is 5.28. The molecular formula is C13H16ClN2O-. The zero-order chi connectivity index (χ0) is 11.1. The molecule has 4 heteroatoms. The summed E-state index contributed by atoms with van der Waals surface area (Å²) in [5.74, 6) is 0.933. The monoisotopic (exact) mass is 251 g/mol. The Hall–Kier alpha value is -1.19. The highest BCUT2D eigenvalue weighted by molar-refractivity contribution is 5.86. The number of methoxy groups -OCH3 is 1. The number of hydrogen-bond donors (Lipinski definition) is 1. The summed E-state index contributed by atoms with van der Waals surface area (Å²) in [6.45, 7) is 2.17. The summed E-state index contributed by atoms with van der Waals surface area (Å²) >= 11 is 0. The molecule has 1 aliphatic rings.